The molecular weight excluding hydrogens is 250 g/mol. The summed E-state index contributed by atoms with van der Waals surface area (Å²) in [5.74, 6) is -0.589. The van der Waals surface area contributed by atoms with Crippen molar-refractivity contribution in [3.8, 4) is 0 Å². The van der Waals surface area contributed by atoms with Gasteiger partial charge < -0.3 is 10.1 Å². The molecule has 18 heavy (non-hydrogen) atoms. The molecule has 4 nitrogen and oxygen atoms in total. The number of carbonyl (C=O) groups excluding carboxylic acids is 2. The van der Waals surface area contributed by atoms with Crippen molar-refractivity contribution in [2.75, 3.05) is 5.32 Å². The van der Waals surface area contributed by atoms with Crippen LogP contribution < -0.4 is 5.32 Å². The second kappa shape index (κ2) is 5.10. The van der Waals surface area contributed by atoms with Crippen molar-refractivity contribution in [1.82, 2.24) is 0 Å². The number of hydrogen-bond acceptors (Lipinski definition) is 4. The number of aryl methyl sites for hydroxylation is 1. The number of hydrogen-bond donors (Lipinski definition) is 1. The molecule has 1 N–H and O–H groups in total. The number of rotatable bonds is 2. The first-order valence-electron chi connectivity index (χ1n) is 5.72. The van der Waals surface area contributed by atoms with E-state index in [1.807, 2.05) is 34.6 Å². The van der Waals surface area contributed by atoms with E-state index in [0.29, 0.717) is 10.6 Å². The lowest BCUT2D eigenvalue weighted by Gasteiger charge is -2.20. The smallest absolute Gasteiger partial charge is 0.341 e. The number of carbonyl (C=O) groups is 2. The van der Waals surface area contributed by atoms with Crippen LogP contribution in [0.15, 0.2) is 0 Å². The molecule has 0 saturated carbocycles. The van der Waals surface area contributed by atoms with Crippen molar-refractivity contribution in [1.29, 1.82) is 0 Å². The van der Waals surface area contributed by atoms with E-state index in [1.165, 1.54) is 18.3 Å². The first-order valence-corrected chi connectivity index (χ1v) is 6.54. The van der Waals surface area contributed by atoms with Gasteiger partial charge in [0.05, 0.1) is 5.56 Å². The molecule has 100 valence electrons. The van der Waals surface area contributed by atoms with Crippen molar-refractivity contribution in [2.45, 2.75) is 47.1 Å². The van der Waals surface area contributed by atoms with Crippen LogP contribution in [0, 0.1) is 13.8 Å². The largest absolute Gasteiger partial charge is 0.456 e. The zero-order valence-electron chi connectivity index (χ0n) is 11.6. The molecule has 1 aromatic rings. The minimum Gasteiger partial charge on any atom is -0.456 e. The standard InChI is InChI=1S/C13H19NO3S/c1-7-8(2)18-11(14-9(3)15)10(7)12(16)17-13(4,5)6/h1-6H3,(H,14,15). The van der Waals surface area contributed by atoms with E-state index in [0.717, 1.165) is 10.4 Å². The molecule has 5 heteroatoms. The first-order chi connectivity index (χ1) is 8.11. The van der Waals surface area contributed by atoms with Gasteiger partial charge in [-0.15, -0.1) is 11.3 Å². The second-order valence-electron chi connectivity index (χ2n) is 5.17. The van der Waals surface area contributed by atoms with Crippen LogP contribution in [0.3, 0.4) is 0 Å². The highest BCUT2D eigenvalue weighted by atomic mass is 32.1. The number of anilines is 1. The molecule has 0 spiro atoms. The number of ether oxygens (including phenoxy) is 1. The maximum absolute atomic E-state index is 12.1. The molecule has 0 fully saturated rings. The summed E-state index contributed by atoms with van der Waals surface area (Å²) in [7, 11) is 0. The van der Waals surface area contributed by atoms with Gasteiger partial charge in [0, 0.05) is 11.8 Å². The minimum atomic E-state index is -0.549. The van der Waals surface area contributed by atoms with Crippen molar-refractivity contribution in [3.63, 3.8) is 0 Å². The van der Waals surface area contributed by atoms with Crippen LogP contribution in [0.2, 0.25) is 0 Å². The van der Waals surface area contributed by atoms with Crippen LogP contribution in [0.25, 0.3) is 0 Å². The predicted octanol–water partition coefficient (Wildman–Crippen LogP) is 3.28. The normalized spacial score (nSPS) is 11.2. The van der Waals surface area contributed by atoms with Gasteiger partial charge in [-0.3, -0.25) is 4.79 Å². The third-order valence-electron chi connectivity index (χ3n) is 2.28. The van der Waals surface area contributed by atoms with Gasteiger partial charge in [0.1, 0.15) is 10.6 Å². The van der Waals surface area contributed by atoms with Gasteiger partial charge in [-0.1, -0.05) is 0 Å². The summed E-state index contributed by atoms with van der Waals surface area (Å²) in [6.45, 7) is 10.6. The summed E-state index contributed by atoms with van der Waals surface area (Å²) in [6, 6.07) is 0. The number of nitrogens with one attached hydrogen (secondary N) is 1. The Balaban J connectivity index is 3.13. The molecule has 0 saturated heterocycles. The van der Waals surface area contributed by atoms with Crippen molar-refractivity contribution >= 4 is 28.2 Å². The van der Waals surface area contributed by atoms with E-state index in [9.17, 15) is 9.59 Å². The average molecular weight is 269 g/mol. The molecule has 0 aliphatic carbocycles. The lowest BCUT2D eigenvalue weighted by atomic mass is 10.1. The van der Waals surface area contributed by atoms with E-state index in [2.05, 4.69) is 5.32 Å². The summed E-state index contributed by atoms with van der Waals surface area (Å²) >= 11 is 1.39. The molecule has 0 aromatic carbocycles. The summed E-state index contributed by atoms with van der Waals surface area (Å²) in [6.07, 6.45) is 0. The summed E-state index contributed by atoms with van der Waals surface area (Å²) in [4.78, 5) is 24.3. The third-order valence-corrected chi connectivity index (χ3v) is 3.40. The number of esters is 1. The van der Waals surface area contributed by atoms with Crippen LogP contribution in [0.1, 0.15) is 48.5 Å². The quantitative estimate of drug-likeness (QED) is 0.838. The Morgan fingerprint density at radius 1 is 1.22 bits per heavy atom. The molecule has 1 rings (SSSR count). The van der Waals surface area contributed by atoms with Crippen LogP contribution in [-0.2, 0) is 9.53 Å². The Hall–Kier alpha value is -1.36. The zero-order chi connectivity index (χ0) is 14.1. The van der Waals surface area contributed by atoms with E-state index in [1.54, 1.807) is 0 Å². The predicted molar refractivity (Wildman–Crippen MR) is 73.3 cm³/mol. The third kappa shape index (κ3) is 3.57. The molecule has 0 aliphatic heterocycles. The van der Waals surface area contributed by atoms with Gasteiger partial charge in [0.2, 0.25) is 5.91 Å². The molecule has 0 bridgehead atoms. The molecule has 0 aliphatic rings. The van der Waals surface area contributed by atoms with Gasteiger partial charge in [0.25, 0.3) is 0 Å². The van der Waals surface area contributed by atoms with Crippen LogP contribution in [0.4, 0.5) is 5.00 Å². The Morgan fingerprint density at radius 3 is 2.22 bits per heavy atom. The van der Waals surface area contributed by atoms with Gasteiger partial charge in [0.15, 0.2) is 0 Å². The maximum atomic E-state index is 12.1. The Morgan fingerprint density at radius 2 is 1.78 bits per heavy atom. The van der Waals surface area contributed by atoms with Gasteiger partial charge in [-0.25, -0.2) is 4.79 Å². The lowest BCUT2D eigenvalue weighted by molar-refractivity contribution is -0.114. The number of amides is 1. The van der Waals surface area contributed by atoms with Crippen LogP contribution in [-0.4, -0.2) is 17.5 Å². The Labute approximate surface area is 111 Å². The van der Waals surface area contributed by atoms with Gasteiger partial charge >= 0.3 is 5.97 Å². The Kier molecular flexibility index (Phi) is 4.16. The summed E-state index contributed by atoms with van der Waals surface area (Å²) in [5, 5.41) is 3.24. The topological polar surface area (TPSA) is 55.4 Å². The fourth-order valence-electron chi connectivity index (χ4n) is 1.45. The van der Waals surface area contributed by atoms with E-state index >= 15 is 0 Å². The molecule has 1 heterocycles. The van der Waals surface area contributed by atoms with Crippen LogP contribution >= 0.6 is 11.3 Å². The molecule has 0 unspecified atom stereocenters. The zero-order valence-corrected chi connectivity index (χ0v) is 12.4. The second-order valence-corrected chi connectivity index (χ2v) is 6.40. The fraction of sp³-hybridized carbons (Fsp3) is 0.538. The molecular formula is C13H19NO3S. The first kappa shape index (κ1) is 14.7. The molecule has 1 aromatic heterocycles. The van der Waals surface area contributed by atoms with E-state index in [-0.39, 0.29) is 5.91 Å². The summed E-state index contributed by atoms with van der Waals surface area (Å²) in [5.41, 5.74) is 0.771. The highest BCUT2D eigenvalue weighted by molar-refractivity contribution is 7.16. The average Bonchev–Trinajstić information content (AvgIpc) is 2.38. The fourth-order valence-corrected chi connectivity index (χ4v) is 2.54. The molecule has 0 radical (unpaired) electrons. The van der Waals surface area contributed by atoms with Crippen molar-refractivity contribution in [2.24, 2.45) is 0 Å². The monoisotopic (exact) mass is 269 g/mol. The molecule has 1 amide bonds. The van der Waals surface area contributed by atoms with E-state index < -0.39 is 11.6 Å². The van der Waals surface area contributed by atoms with Crippen molar-refractivity contribution in [3.05, 3.63) is 16.0 Å². The van der Waals surface area contributed by atoms with Gasteiger partial charge in [-0.05, 0) is 40.2 Å². The van der Waals surface area contributed by atoms with Crippen molar-refractivity contribution < 1.29 is 14.3 Å². The highest BCUT2D eigenvalue weighted by Crippen LogP contribution is 2.33. The Bertz CT molecular complexity index is 483. The minimum absolute atomic E-state index is 0.193. The van der Waals surface area contributed by atoms with Crippen LogP contribution in [0.5, 0.6) is 0 Å². The SMILES string of the molecule is CC(=O)Nc1sc(C)c(C)c1C(=O)OC(C)(C)C. The highest BCUT2D eigenvalue weighted by Gasteiger charge is 2.25. The number of thiophene rings is 1. The van der Waals surface area contributed by atoms with E-state index in [4.69, 9.17) is 4.74 Å². The lowest BCUT2D eigenvalue weighted by Crippen LogP contribution is -2.24. The maximum Gasteiger partial charge on any atom is 0.341 e. The molecule has 0 atom stereocenters. The summed E-state index contributed by atoms with van der Waals surface area (Å²) < 4.78 is 5.36. The van der Waals surface area contributed by atoms with Gasteiger partial charge in [-0.2, -0.15) is 0 Å².